The molecule has 0 aliphatic heterocycles. The van der Waals surface area contributed by atoms with Gasteiger partial charge < -0.3 is 18.1 Å². The molecule has 0 bridgehead atoms. The molecule has 0 atom stereocenters. The van der Waals surface area contributed by atoms with Crippen LogP contribution in [-0.4, -0.2) is 13.7 Å². The lowest BCUT2D eigenvalue weighted by molar-refractivity contribution is 0.673. The minimum absolute atomic E-state index is 0.438. The number of rotatable bonds is 3. The van der Waals surface area contributed by atoms with Gasteiger partial charge in [-0.15, -0.1) is 0 Å². The van der Waals surface area contributed by atoms with E-state index in [2.05, 4.69) is 158 Å². The van der Waals surface area contributed by atoms with Crippen LogP contribution >= 0.6 is 0 Å². The number of hydrogen-bond acceptors (Lipinski definition) is 2. The van der Waals surface area contributed by atoms with E-state index < -0.39 is 0 Å². The highest BCUT2D eigenvalue weighted by atomic mass is 16.3. The van der Waals surface area contributed by atoms with E-state index >= 15 is 0 Å². The van der Waals surface area contributed by atoms with Gasteiger partial charge in [0.15, 0.2) is 0 Å². The topological polar surface area (TPSA) is 56.1 Å². The van der Waals surface area contributed by atoms with Gasteiger partial charge in [0.1, 0.15) is 17.2 Å². The number of para-hydroxylation sites is 4. The molecule has 0 fully saturated rings. The average molecular weight is 764 g/mol. The molecule has 9 aromatic carbocycles. The molecule has 60 heavy (non-hydrogen) atoms. The smallest absolute Gasteiger partial charge is 0.212 e. The summed E-state index contributed by atoms with van der Waals surface area (Å²) < 4.78 is 13.2. The molecule has 0 amide bonds. The zero-order chi connectivity index (χ0) is 39.6. The van der Waals surface area contributed by atoms with Gasteiger partial charge in [-0.1, -0.05) is 109 Å². The Kier molecular flexibility index (Phi) is 6.48. The standard InChI is InChI=1S/C54H29N5O/c1-56-43-30-49(33(31-55)28-50(43)58-46-20-10-6-17-41(46)52-48(58)27-25-40-38-16-7-11-21-51(38)60-54(40)52)59-47-26-23-34(29-42(47)39-24-22-32-12-2-3-13-35(32)53(39)59)57-44-18-8-4-14-36(44)37-15-5-9-19-45(37)57/h2-30H. The van der Waals surface area contributed by atoms with Gasteiger partial charge in [-0.3, -0.25) is 0 Å². The minimum Gasteiger partial charge on any atom is -0.455 e. The molecule has 0 radical (unpaired) electrons. The van der Waals surface area contributed by atoms with Gasteiger partial charge in [-0.05, 0) is 72.1 Å². The van der Waals surface area contributed by atoms with Crippen molar-refractivity contribution in [3.63, 3.8) is 0 Å². The van der Waals surface area contributed by atoms with Gasteiger partial charge in [-0.2, -0.15) is 5.26 Å². The van der Waals surface area contributed by atoms with Gasteiger partial charge in [0, 0.05) is 48.8 Å². The maximum atomic E-state index is 11.1. The molecule has 0 aliphatic rings. The summed E-state index contributed by atoms with van der Waals surface area (Å²) in [6.45, 7) is 8.65. The quantitative estimate of drug-likeness (QED) is 0.168. The second kappa shape index (κ2) is 12.0. The summed E-state index contributed by atoms with van der Waals surface area (Å²) in [5.41, 5.74) is 11.0. The maximum absolute atomic E-state index is 11.1. The SMILES string of the molecule is [C-]#[N+]c1cc(-n2c3ccc(-n4c5ccccc5c5ccccc54)cc3c3ccc4ccccc4c32)c(C#N)cc1-n1c2ccccc2c2c3oc4ccccc4c3ccc21. The van der Waals surface area contributed by atoms with E-state index in [4.69, 9.17) is 11.0 Å². The third kappa shape index (κ3) is 4.23. The first kappa shape index (κ1) is 32.5. The van der Waals surface area contributed by atoms with E-state index in [-0.39, 0.29) is 0 Å². The van der Waals surface area contributed by atoms with Crippen molar-refractivity contribution in [3.8, 4) is 23.1 Å². The largest absolute Gasteiger partial charge is 0.455 e. The minimum atomic E-state index is 0.438. The molecule has 4 heterocycles. The molecular weight excluding hydrogens is 735 g/mol. The first-order valence-corrected chi connectivity index (χ1v) is 19.9. The third-order valence-electron chi connectivity index (χ3n) is 12.5. The molecule has 6 heteroatoms. The van der Waals surface area contributed by atoms with E-state index in [1.54, 1.807) is 0 Å². The van der Waals surface area contributed by atoms with Crippen LogP contribution in [0.5, 0.6) is 0 Å². The Labute approximate surface area is 342 Å². The monoisotopic (exact) mass is 763 g/mol. The predicted molar refractivity (Wildman–Crippen MR) is 245 cm³/mol. The van der Waals surface area contributed by atoms with E-state index in [9.17, 15) is 5.26 Å². The summed E-state index contributed by atoms with van der Waals surface area (Å²) in [6.07, 6.45) is 0. The van der Waals surface area contributed by atoms with Crippen LogP contribution in [0.25, 0.3) is 120 Å². The molecular formula is C54H29N5O. The van der Waals surface area contributed by atoms with Crippen molar-refractivity contribution < 1.29 is 4.42 Å². The van der Waals surface area contributed by atoms with Crippen molar-refractivity contribution in [2.75, 3.05) is 0 Å². The molecule has 6 nitrogen and oxygen atoms in total. The lowest BCUT2D eigenvalue weighted by atomic mass is 10.1. The Morgan fingerprint density at radius 2 is 1.08 bits per heavy atom. The zero-order valence-electron chi connectivity index (χ0n) is 31.9. The number of nitriles is 1. The molecule has 0 saturated heterocycles. The van der Waals surface area contributed by atoms with Gasteiger partial charge in [0.05, 0.1) is 62.0 Å². The van der Waals surface area contributed by atoms with Gasteiger partial charge >= 0.3 is 0 Å². The van der Waals surface area contributed by atoms with Crippen molar-refractivity contribution in [2.24, 2.45) is 0 Å². The van der Waals surface area contributed by atoms with Crippen molar-refractivity contribution >= 4 is 104 Å². The summed E-state index contributed by atoms with van der Waals surface area (Å²) >= 11 is 0. The van der Waals surface area contributed by atoms with Gasteiger partial charge in [-0.25, -0.2) is 4.85 Å². The predicted octanol–water partition coefficient (Wildman–Crippen LogP) is 14.5. The summed E-state index contributed by atoms with van der Waals surface area (Å²) in [5, 5.41) is 21.9. The summed E-state index contributed by atoms with van der Waals surface area (Å²) in [4.78, 5) is 4.19. The second-order valence-corrected chi connectivity index (χ2v) is 15.5. The third-order valence-corrected chi connectivity index (χ3v) is 12.5. The number of benzene rings is 9. The van der Waals surface area contributed by atoms with Crippen LogP contribution in [0.3, 0.4) is 0 Å². The highest BCUT2D eigenvalue weighted by Crippen LogP contribution is 2.45. The summed E-state index contributed by atoms with van der Waals surface area (Å²) in [7, 11) is 0. The Bertz CT molecular complexity index is 4050. The molecule has 0 N–H and O–H groups in total. The molecule has 276 valence electrons. The van der Waals surface area contributed by atoms with Crippen molar-refractivity contribution in [2.45, 2.75) is 0 Å². The van der Waals surface area contributed by atoms with E-state index in [0.717, 1.165) is 93.0 Å². The van der Waals surface area contributed by atoms with Crippen LogP contribution in [-0.2, 0) is 0 Å². The first-order chi connectivity index (χ1) is 29.7. The fraction of sp³-hybridized carbons (Fsp3) is 0. The molecule has 13 aromatic rings. The first-order valence-electron chi connectivity index (χ1n) is 19.9. The molecule has 0 spiro atoms. The van der Waals surface area contributed by atoms with Crippen molar-refractivity contribution in [1.29, 1.82) is 5.26 Å². The van der Waals surface area contributed by atoms with Crippen molar-refractivity contribution in [3.05, 3.63) is 193 Å². The fourth-order valence-electron chi connectivity index (χ4n) is 9.96. The molecule has 4 aromatic heterocycles. The number of furan rings is 1. The van der Waals surface area contributed by atoms with Crippen LogP contribution in [0.15, 0.2) is 180 Å². The van der Waals surface area contributed by atoms with Gasteiger partial charge in [0.2, 0.25) is 5.69 Å². The van der Waals surface area contributed by atoms with Crippen LogP contribution in [0.4, 0.5) is 5.69 Å². The number of aromatic nitrogens is 3. The highest BCUT2D eigenvalue weighted by Gasteiger charge is 2.24. The van der Waals surface area contributed by atoms with E-state index in [0.29, 0.717) is 22.6 Å². The normalized spacial score (nSPS) is 12.0. The maximum Gasteiger partial charge on any atom is 0.212 e. The number of fused-ring (bicyclic) bond motifs is 15. The Morgan fingerprint density at radius 3 is 1.83 bits per heavy atom. The lowest BCUT2D eigenvalue weighted by Gasteiger charge is -2.16. The molecule has 0 unspecified atom stereocenters. The molecule has 13 rings (SSSR count). The van der Waals surface area contributed by atoms with E-state index in [1.807, 2.05) is 42.5 Å². The van der Waals surface area contributed by atoms with Crippen LogP contribution < -0.4 is 0 Å². The van der Waals surface area contributed by atoms with Gasteiger partial charge in [0.25, 0.3) is 0 Å². The lowest BCUT2D eigenvalue weighted by Crippen LogP contribution is -2.02. The fourth-order valence-corrected chi connectivity index (χ4v) is 9.96. The highest BCUT2D eigenvalue weighted by molar-refractivity contribution is 6.24. The Morgan fingerprint density at radius 1 is 0.467 bits per heavy atom. The van der Waals surface area contributed by atoms with E-state index in [1.165, 1.54) is 10.8 Å². The van der Waals surface area contributed by atoms with Crippen molar-refractivity contribution in [1.82, 2.24) is 13.7 Å². The summed E-state index contributed by atoms with van der Waals surface area (Å²) in [5.74, 6) is 0. The van der Waals surface area contributed by atoms with Crippen LogP contribution in [0.1, 0.15) is 5.56 Å². The average Bonchev–Trinajstić information content (AvgIpc) is 4.05. The second-order valence-electron chi connectivity index (χ2n) is 15.5. The zero-order valence-corrected chi connectivity index (χ0v) is 31.9. The number of hydrogen-bond donors (Lipinski definition) is 0. The molecule has 0 aliphatic carbocycles. The number of nitrogens with zero attached hydrogens (tertiary/aromatic N) is 5. The van der Waals surface area contributed by atoms with Crippen LogP contribution in [0, 0.1) is 17.9 Å². The molecule has 0 saturated carbocycles. The van der Waals surface area contributed by atoms with Crippen LogP contribution in [0.2, 0.25) is 0 Å². The Hall–Kier alpha value is -8.58. The Balaban J connectivity index is 1.10. The summed E-state index contributed by atoms with van der Waals surface area (Å²) in [6, 6.07) is 63.4.